The molecule has 6 heteroatoms. The third kappa shape index (κ3) is 3.55. The summed E-state index contributed by atoms with van der Waals surface area (Å²) in [5.41, 5.74) is 6.90. The molecule has 134 valence electrons. The Hall–Kier alpha value is -2.31. The Morgan fingerprint density at radius 2 is 2.24 bits per heavy atom. The van der Waals surface area contributed by atoms with E-state index >= 15 is 0 Å². The summed E-state index contributed by atoms with van der Waals surface area (Å²) in [6.45, 7) is 7.74. The normalized spacial score (nSPS) is 20.4. The minimum absolute atomic E-state index is 0.0770. The van der Waals surface area contributed by atoms with Crippen LogP contribution >= 0.6 is 0 Å². The number of hydrazine groups is 1. The van der Waals surface area contributed by atoms with Crippen molar-refractivity contribution in [3.05, 3.63) is 46.7 Å². The molecule has 25 heavy (non-hydrogen) atoms. The number of carbonyl (C=O) groups excluding carboxylic acids is 1. The van der Waals surface area contributed by atoms with Gasteiger partial charge in [-0.2, -0.15) is 0 Å². The van der Waals surface area contributed by atoms with Gasteiger partial charge in [-0.25, -0.2) is 5.43 Å². The third-order valence-electron chi connectivity index (χ3n) is 4.35. The molecule has 0 fully saturated rings. The van der Waals surface area contributed by atoms with E-state index in [-0.39, 0.29) is 17.4 Å². The lowest BCUT2D eigenvalue weighted by molar-refractivity contribution is 0.111. The molecule has 1 aromatic rings. The molecule has 2 N–H and O–H groups in total. The smallest absolute Gasteiger partial charge is 0.157 e. The van der Waals surface area contributed by atoms with E-state index in [1.165, 1.54) is 6.07 Å². The second-order valence-corrected chi connectivity index (χ2v) is 6.60. The quantitative estimate of drug-likeness (QED) is 0.772. The van der Waals surface area contributed by atoms with E-state index in [2.05, 4.69) is 37.3 Å². The van der Waals surface area contributed by atoms with Gasteiger partial charge in [0.2, 0.25) is 0 Å². The first-order valence-electron chi connectivity index (χ1n) is 8.47. The molecular weight excluding hydrogens is 320 g/mol. The van der Waals surface area contributed by atoms with Crippen LogP contribution in [0.3, 0.4) is 0 Å². The molecule has 0 radical (unpaired) electrons. The minimum Gasteiger partial charge on any atom is -0.507 e. The molecule has 0 saturated heterocycles. The summed E-state index contributed by atoms with van der Waals surface area (Å²) in [6, 6.07) is 5.39. The molecule has 6 nitrogen and oxygen atoms in total. The monoisotopic (exact) mass is 344 g/mol. The van der Waals surface area contributed by atoms with Crippen molar-refractivity contribution in [1.82, 2.24) is 10.4 Å². The molecule has 2 heterocycles. The number of nitrogens with zero attached hydrogens (tertiary/aromatic N) is 1. The van der Waals surface area contributed by atoms with Gasteiger partial charge in [0.15, 0.2) is 6.29 Å². The lowest BCUT2D eigenvalue weighted by Gasteiger charge is -2.28. The van der Waals surface area contributed by atoms with Crippen LogP contribution in [0.2, 0.25) is 0 Å². The van der Waals surface area contributed by atoms with Gasteiger partial charge in [-0.3, -0.25) is 4.79 Å². The van der Waals surface area contributed by atoms with E-state index in [0.717, 1.165) is 16.8 Å². The van der Waals surface area contributed by atoms with Crippen molar-refractivity contribution in [3.8, 4) is 11.5 Å². The van der Waals surface area contributed by atoms with Crippen molar-refractivity contribution >= 4 is 6.29 Å². The number of aldehydes is 1. The second-order valence-electron chi connectivity index (χ2n) is 6.60. The van der Waals surface area contributed by atoms with Crippen LogP contribution in [0.1, 0.15) is 31.1 Å². The molecule has 0 spiro atoms. The fraction of sp³-hybridized carbons (Fsp3) is 0.421. The average molecular weight is 344 g/mol. The van der Waals surface area contributed by atoms with Gasteiger partial charge in [0.05, 0.1) is 24.5 Å². The van der Waals surface area contributed by atoms with Gasteiger partial charge in [-0.1, -0.05) is 6.07 Å². The number of hydrogen-bond donors (Lipinski definition) is 2. The van der Waals surface area contributed by atoms with Gasteiger partial charge >= 0.3 is 0 Å². The summed E-state index contributed by atoms with van der Waals surface area (Å²) in [6.07, 6.45) is 2.80. The molecule has 0 aliphatic carbocycles. The van der Waals surface area contributed by atoms with Gasteiger partial charge in [0.25, 0.3) is 0 Å². The Morgan fingerprint density at radius 1 is 1.44 bits per heavy atom. The van der Waals surface area contributed by atoms with Gasteiger partial charge < -0.3 is 19.6 Å². The third-order valence-corrected chi connectivity index (χ3v) is 4.35. The van der Waals surface area contributed by atoms with E-state index in [4.69, 9.17) is 9.47 Å². The molecule has 0 aromatic heterocycles. The second kappa shape index (κ2) is 7.29. The number of hydrogen-bond acceptors (Lipinski definition) is 6. The zero-order valence-electron chi connectivity index (χ0n) is 14.8. The molecular formula is C19H24N2O4. The van der Waals surface area contributed by atoms with E-state index in [9.17, 15) is 9.90 Å². The molecule has 0 amide bonds. The number of nitrogens with one attached hydrogen (secondary N) is 1. The number of ether oxygens (including phenoxy) is 2. The molecule has 0 bridgehead atoms. The molecule has 1 aromatic carbocycles. The van der Waals surface area contributed by atoms with Crippen molar-refractivity contribution < 1.29 is 19.4 Å². The first-order chi connectivity index (χ1) is 12.0. The van der Waals surface area contributed by atoms with Crippen LogP contribution in [-0.4, -0.2) is 48.3 Å². The summed E-state index contributed by atoms with van der Waals surface area (Å²) >= 11 is 0. The zero-order chi connectivity index (χ0) is 18.0. The van der Waals surface area contributed by atoms with Crippen molar-refractivity contribution in [1.29, 1.82) is 0 Å². The zero-order valence-corrected chi connectivity index (χ0v) is 14.8. The first kappa shape index (κ1) is 17.5. The van der Waals surface area contributed by atoms with Crippen LogP contribution in [0.4, 0.5) is 0 Å². The van der Waals surface area contributed by atoms with Crippen LogP contribution in [0.5, 0.6) is 11.5 Å². The number of benzene rings is 1. The maximum absolute atomic E-state index is 11.2. The number of carbonyl (C=O) groups is 1. The Kier molecular flexibility index (Phi) is 5.11. The number of aromatic hydroxyl groups is 1. The van der Waals surface area contributed by atoms with E-state index in [0.29, 0.717) is 37.9 Å². The molecule has 0 saturated carbocycles. The van der Waals surface area contributed by atoms with Crippen LogP contribution in [-0.2, 0) is 4.74 Å². The molecule has 0 unspecified atom stereocenters. The SMILES string of the molecule is CC(C)N1N[C@H](C)C=C1C1=C(COc2cccc(O)c2C=O)COC1. The fourth-order valence-corrected chi connectivity index (χ4v) is 3.11. The topological polar surface area (TPSA) is 71.0 Å². The first-order valence-corrected chi connectivity index (χ1v) is 8.47. The minimum atomic E-state index is -0.0770. The Labute approximate surface area is 147 Å². The van der Waals surface area contributed by atoms with Gasteiger partial charge in [-0.15, -0.1) is 0 Å². The van der Waals surface area contributed by atoms with Gasteiger partial charge in [0, 0.05) is 23.2 Å². The summed E-state index contributed by atoms with van der Waals surface area (Å²) < 4.78 is 11.5. The van der Waals surface area contributed by atoms with Crippen LogP contribution in [0, 0.1) is 0 Å². The highest BCUT2D eigenvalue weighted by Crippen LogP contribution is 2.30. The Bertz CT molecular complexity index is 724. The largest absolute Gasteiger partial charge is 0.507 e. The number of phenolic OH excluding ortho intramolecular Hbond substituents is 1. The van der Waals surface area contributed by atoms with Crippen molar-refractivity contribution in [3.63, 3.8) is 0 Å². The van der Waals surface area contributed by atoms with Crippen molar-refractivity contribution in [2.75, 3.05) is 19.8 Å². The predicted octanol–water partition coefficient (Wildman–Crippen LogP) is 2.41. The van der Waals surface area contributed by atoms with Crippen LogP contribution in [0.15, 0.2) is 41.1 Å². The Morgan fingerprint density at radius 3 is 2.96 bits per heavy atom. The summed E-state index contributed by atoms with van der Waals surface area (Å²) in [4.78, 5) is 11.2. The molecule has 2 aliphatic rings. The average Bonchev–Trinajstić information content (AvgIpc) is 3.18. The fourth-order valence-electron chi connectivity index (χ4n) is 3.11. The van der Waals surface area contributed by atoms with Gasteiger partial charge in [0.1, 0.15) is 18.1 Å². The van der Waals surface area contributed by atoms with Crippen LogP contribution in [0.25, 0.3) is 0 Å². The summed E-state index contributed by atoms with van der Waals surface area (Å²) in [7, 11) is 0. The molecule has 3 rings (SSSR count). The summed E-state index contributed by atoms with van der Waals surface area (Å²) in [5.74, 6) is 0.299. The maximum atomic E-state index is 11.2. The van der Waals surface area contributed by atoms with Gasteiger partial charge in [-0.05, 0) is 39.0 Å². The van der Waals surface area contributed by atoms with Crippen molar-refractivity contribution in [2.24, 2.45) is 0 Å². The van der Waals surface area contributed by atoms with E-state index in [1.807, 2.05) is 0 Å². The highest BCUT2D eigenvalue weighted by molar-refractivity contribution is 5.83. The predicted molar refractivity (Wildman–Crippen MR) is 94.5 cm³/mol. The summed E-state index contributed by atoms with van der Waals surface area (Å²) in [5, 5.41) is 11.9. The van der Waals surface area contributed by atoms with Crippen molar-refractivity contribution in [2.45, 2.75) is 32.9 Å². The van der Waals surface area contributed by atoms with E-state index in [1.54, 1.807) is 12.1 Å². The highest BCUT2D eigenvalue weighted by atomic mass is 16.5. The lowest BCUT2D eigenvalue weighted by atomic mass is 10.1. The van der Waals surface area contributed by atoms with E-state index < -0.39 is 0 Å². The maximum Gasteiger partial charge on any atom is 0.157 e. The number of rotatable bonds is 6. The lowest BCUT2D eigenvalue weighted by Crippen LogP contribution is -2.41. The molecule has 1 atom stereocenters. The highest BCUT2D eigenvalue weighted by Gasteiger charge is 2.29. The Balaban J connectivity index is 1.82. The number of phenols is 1. The molecule has 2 aliphatic heterocycles. The standard InChI is InChI=1S/C19H24N2O4/c1-12(2)21-17(7-13(3)20-21)16-11-24-9-14(16)10-25-19-6-4-5-18(23)15(19)8-22/h4-8,12-13,20,23H,9-11H2,1-3H3/t13-/m1/s1. The van der Waals surface area contributed by atoms with Crippen LogP contribution < -0.4 is 10.2 Å².